The molecule has 3 aromatic rings. The van der Waals surface area contributed by atoms with Gasteiger partial charge in [0.25, 0.3) is 5.91 Å². The van der Waals surface area contributed by atoms with Gasteiger partial charge in [0, 0.05) is 30.0 Å². The zero-order valence-corrected chi connectivity index (χ0v) is 25.4. The summed E-state index contributed by atoms with van der Waals surface area (Å²) in [6.07, 6.45) is 3.83. The van der Waals surface area contributed by atoms with Crippen molar-refractivity contribution >= 4 is 60.3 Å². The average Bonchev–Trinajstić information content (AvgIpc) is 3.87. The van der Waals surface area contributed by atoms with Crippen LogP contribution < -0.4 is 14.9 Å². The number of halogens is 1. The summed E-state index contributed by atoms with van der Waals surface area (Å²) >= 11 is 3.43. The third kappa shape index (κ3) is 6.10. The minimum absolute atomic E-state index is 0.144. The molecule has 13 heteroatoms. The van der Waals surface area contributed by atoms with Crippen LogP contribution in [0.25, 0.3) is 16.6 Å². The summed E-state index contributed by atoms with van der Waals surface area (Å²) in [5.41, 5.74) is 2.95. The van der Waals surface area contributed by atoms with Gasteiger partial charge in [-0.2, -0.15) is 5.10 Å². The molecule has 2 atom stereocenters. The number of benzene rings is 2. The quantitative estimate of drug-likeness (QED) is 0.241. The Morgan fingerprint density at radius 1 is 1.15 bits per heavy atom. The molecule has 2 N–H and O–H groups in total. The molecule has 5 rings (SSSR count). The van der Waals surface area contributed by atoms with Crippen molar-refractivity contribution in [2.45, 2.75) is 31.6 Å². The topological polar surface area (TPSA) is 140 Å². The molecule has 218 valence electrons. The second-order valence-corrected chi connectivity index (χ2v) is 13.3. The lowest BCUT2D eigenvalue weighted by atomic mass is 10.0. The van der Waals surface area contributed by atoms with Crippen LogP contribution in [0.1, 0.15) is 47.7 Å². The SMILES string of the molecule is CNC(=O)c1c2cc(C3CC3)c(N(CCCNC(=O)[C@H]3C[C@H]3C(=O)OC)S(C)(=O)=O)cc2nn1-c1ccc(Br)cc1. The van der Waals surface area contributed by atoms with E-state index in [2.05, 4.69) is 26.6 Å². The number of esters is 1. The van der Waals surface area contributed by atoms with Crippen LogP contribution in [0.3, 0.4) is 0 Å². The number of carbonyl (C=O) groups is 3. The maximum absolute atomic E-state index is 13.0. The molecule has 2 saturated carbocycles. The molecule has 0 radical (unpaired) electrons. The molecule has 11 nitrogen and oxygen atoms in total. The molecule has 2 amide bonds. The minimum atomic E-state index is -3.68. The van der Waals surface area contributed by atoms with Crippen molar-refractivity contribution in [2.75, 3.05) is 37.8 Å². The second-order valence-electron chi connectivity index (χ2n) is 10.5. The van der Waals surface area contributed by atoms with Crippen molar-refractivity contribution in [2.24, 2.45) is 11.8 Å². The maximum Gasteiger partial charge on any atom is 0.309 e. The first kappa shape index (κ1) is 29.1. The van der Waals surface area contributed by atoms with E-state index >= 15 is 0 Å². The molecule has 0 spiro atoms. The first-order chi connectivity index (χ1) is 19.5. The summed E-state index contributed by atoms with van der Waals surface area (Å²) < 4.78 is 34.6. The molecular formula is C28H32BrN5O6S. The molecule has 1 aromatic heterocycles. The van der Waals surface area contributed by atoms with Crippen LogP contribution in [0.2, 0.25) is 0 Å². The first-order valence-corrected chi connectivity index (χ1v) is 16.1. The third-order valence-corrected chi connectivity index (χ3v) is 9.20. The Bertz CT molecular complexity index is 1620. The van der Waals surface area contributed by atoms with E-state index < -0.39 is 27.8 Å². The van der Waals surface area contributed by atoms with Crippen LogP contribution in [-0.4, -0.2) is 69.5 Å². The van der Waals surface area contributed by atoms with E-state index in [1.807, 2.05) is 30.3 Å². The smallest absolute Gasteiger partial charge is 0.309 e. The lowest BCUT2D eigenvalue weighted by molar-refractivity contribution is -0.143. The summed E-state index contributed by atoms with van der Waals surface area (Å²) in [5, 5.41) is 10.9. The summed E-state index contributed by atoms with van der Waals surface area (Å²) in [5.74, 6) is -1.54. The first-order valence-electron chi connectivity index (χ1n) is 13.4. The number of nitrogens with one attached hydrogen (secondary N) is 2. The predicted octanol–water partition coefficient (Wildman–Crippen LogP) is 3.11. The van der Waals surface area contributed by atoms with Crippen molar-refractivity contribution in [3.8, 4) is 5.69 Å². The normalized spacial score (nSPS) is 18.1. The highest BCUT2D eigenvalue weighted by Gasteiger charge is 2.48. The van der Waals surface area contributed by atoms with E-state index in [9.17, 15) is 22.8 Å². The fraction of sp³-hybridized carbons (Fsp3) is 0.429. The summed E-state index contributed by atoms with van der Waals surface area (Å²) in [7, 11) is -0.823. The molecule has 2 fully saturated rings. The van der Waals surface area contributed by atoms with Crippen molar-refractivity contribution in [1.29, 1.82) is 0 Å². The van der Waals surface area contributed by atoms with Crippen LogP contribution in [0, 0.1) is 11.8 Å². The monoisotopic (exact) mass is 645 g/mol. The van der Waals surface area contributed by atoms with E-state index in [1.54, 1.807) is 17.8 Å². The zero-order valence-electron chi connectivity index (χ0n) is 23.0. The summed E-state index contributed by atoms with van der Waals surface area (Å²) in [6.45, 7) is 0.403. The summed E-state index contributed by atoms with van der Waals surface area (Å²) in [4.78, 5) is 37.1. The van der Waals surface area contributed by atoms with E-state index in [1.165, 1.54) is 11.4 Å². The van der Waals surface area contributed by atoms with Crippen molar-refractivity contribution in [1.82, 2.24) is 20.4 Å². The molecule has 0 unspecified atom stereocenters. The van der Waals surface area contributed by atoms with Gasteiger partial charge >= 0.3 is 5.97 Å². The maximum atomic E-state index is 13.0. The van der Waals surface area contributed by atoms with Crippen molar-refractivity contribution in [3.63, 3.8) is 0 Å². The number of hydrogen-bond acceptors (Lipinski definition) is 7. The average molecular weight is 647 g/mol. The van der Waals surface area contributed by atoms with Gasteiger partial charge in [0.2, 0.25) is 15.9 Å². The lowest BCUT2D eigenvalue weighted by Gasteiger charge is -2.25. The standard InChI is InChI=1S/C28H32BrN5O6S/c1-30-27(36)25-22-13-19(16-5-6-16)24(15-23(22)32-34(25)18-9-7-17(29)8-10-18)33(41(3,38)39)12-4-11-31-26(35)20-14-21(20)28(37)40-2/h7-10,13,15-16,20-21H,4-6,11-12,14H2,1-3H3,(H,30,36)(H,31,35)/t20-,21+/m0/s1. The number of rotatable bonds is 11. The Morgan fingerprint density at radius 2 is 1.85 bits per heavy atom. The van der Waals surface area contributed by atoms with Gasteiger partial charge in [-0.3, -0.25) is 18.7 Å². The van der Waals surface area contributed by atoms with Crippen LogP contribution in [0.15, 0.2) is 40.9 Å². The van der Waals surface area contributed by atoms with Gasteiger partial charge < -0.3 is 15.4 Å². The van der Waals surface area contributed by atoms with Crippen LogP contribution in [0.4, 0.5) is 5.69 Å². The van der Waals surface area contributed by atoms with Crippen LogP contribution in [-0.2, 0) is 24.3 Å². The van der Waals surface area contributed by atoms with Gasteiger partial charge in [0.05, 0.1) is 42.1 Å². The molecular weight excluding hydrogens is 614 g/mol. The molecule has 0 saturated heterocycles. The number of aromatic nitrogens is 2. The molecule has 0 bridgehead atoms. The predicted molar refractivity (Wildman–Crippen MR) is 158 cm³/mol. The van der Waals surface area contributed by atoms with E-state index in [-0.39, 0.29) is 30.8 Å². The number of amides is 2. The Kier molecular flexibility index (Phi) is 8.11. The Hall–Kier alpha value is -3.45. The molecule has 2 aliphatic carbocycles. The minimum Gasteiger partial charge on any atom is -0.469 e. The van der Waals surface area contributed by atoms with E-state index in [4.69, 9.17) is 9.84 Å². The number of methoxy groups -OCH3 is 1. The van der Waals surface area contributed by atoms with Crippen molar-refractivity contribution in [3.05, 3.63) is 52.1 Å². The van der Waals surface area contributed by atoms with Gasteiger partial charge in [-0.05, 0) is 73.6 Å². The lowest BCUT2D eigenvalue weighted by Crippen LogP contribution is -2.35. The number of sulfonamides is 1. The highest BCUT2D eigenvalue weighted by Crippen LogP contribution is 2.47. The Morgan fingerprint density at radius 3 is 2.46 bits per heavy atom. The fourth-order valence-electron chi connectivity index (χ4n) is 5.11. The van der Waals surface area contributed by atoms with E-state index in [0.717, 1.165) is 29.1 Å². The molecule has 1 heterocycles. The number of carbonyl (C=O) groups excluding carboxylic acids is 3. The summed E-state index contributed by atoms with van der Waals surface area (Å²) in [6, 6.07) is 11.1. The highest BCUT2D eigenvalue weighted by atomic mass is 79.9. The number of anilines is 1. The number of ether oxygens (including phenoxy) is 1. The number of hydrogen-bond donors (Lipinski definition) is 2. The van der Waals surface area contributed by atoms with Gasteiger partial charge in [-0.1, -0.05) is 15.9 Å². The van der Waals surface area contributed by atoms with Crippen LogP contribution in [0.5, 0.6) is 0 Å². The molecule has 41 heavy (non-hydrogen) atoms. The van der Waals surface area contributed by atoms with Gasteiger partial charge in [0.15, 0.2) is 0 Å². The van der Waals surface area contributed by atoms with E-state index in [0.29, 0.717) is 40.8 Å². The molecule has 0 aliphatic heterocycles. The van der Waals surface area contributed by atoms with Crippen molar-refractivity contribution < 1.29 is 27.5 Å². The second kappa shape index (κ2) is 11.4. The van der Waals surface area contributed by atoms with Gasteiger partial charge in [-0.15, -0.1) is 0 Å². The van der Waals surface area contributed by atoms with Gasteiger partial charge in [0.1, 0.15) is 5.69 Å². The third-order valence-electron chi connectivity index (χ3n) is 7.49. The Balaban J connectivity index is 1.44. The number of nitrogens with zero attached hydrogens (tertiary/aromatic N) is 3. The fourth-order valence-corrected chi connectivity index (χ4v) is 6.35. The number of fused-ring (bicyclic) bond motifs is 1. The van der Waals surface area contributed by atoms with Gasteiger partial charge in [-0.25, -0.2) is 13.1 Å². The molecule has 2 aromatic carbocycles. The largest absolute Gasteiger partial charge is 0.469 e. The zero-order chi connectivity index (χ0) is 29.5. The van der Waals surface area contributed by atoms with Crippen LogP contribution >= 0.6 is 15.9 Å². The Labute approximate surface area is 246 Å². The molecule has 2 aliphatic rings. The highest BCUT2D eigenvalue weighted by molar-refractivity contribution is 9.10.